The van der Waals surface area contributed by atoms with Gasteiger partial charge < -0.3 is 4.74 Å². The van der Waals surface area contributed by atoms with Crippen LogP contribution in [0.2, 0.25) is 0 Å². The molecule has 2 heteroatoms. The van der Waals surface area contributed by atoms with Crippen LogP contribution in [0.15, 0.2) is 64.7 Å². The molecule has 2 aliphatic rings. The van der Waals surface area contributed by atoms with E-state index < -0.39 is 5.60 Å². The average molecular weight is 296 g/mol. The van der Waals surface area contributed by atoms with Crippen molar-refractivity contribution in [3.8, 4) is 0 Å². The van der Waals surface area contributed by atoms with Gasteiger partial charge in [0, 0.05) is 5.57 Å². The first-order chi connectivity index (χ1) is 10.4. The van der Waals surface area contributed by atoms with E-state index in [9.17, 15) is 4.39 Å². The highest BCUT2D eigenvalue weighted by Crippen LogP contribution is 2.42. The Morgan fingerprint density at radius 2 is 1.91 bits per heavy atom. The second-order valence-electron chi connectivity index (χ2n) is 6.52. The van der Waals surface area contributed by atoms with E-state index in [-0.39, 0.29) is 5.83 Å². The van der Waals surface area contributed by atoms with Crippen molar-refractivity contribution in [2.24, 2.45) is 0 Å². The van der Waals surface area contributed by atoms with Gasteiger partial charge in [-0.3, -0.25) is 0 Å². The zero-order valence-electron chi connectivity index (χ0n) is 13.5. The van der Waals surface area contributed by atoms with Gasteiger partial charge in [-0.2, -0.15) is 0 Å². The summed E-state index contributed by atoms with van der Waals surface area (Å²) in [6.07, 6.45) is 6.41. The summed E-state index contributed by atoms with van der Waals surface area (Å²) in [5.41, 5.74) is 4.99. The number of benzene rings is 1. The summed E-state index contributed by atoms with van der Waals surface area (Å²) in [7, 11) is 0. The lowest BCUT2D eigenvalue weighted by Crippen LogP contribution is -2.27. The first kappa shape index (κ1) is 14.8. The third-order valence-electron chi connectivity index (χ3n) is 4.11. The van der Waals surface area contributed by atoms with E-state index in [4.69, 9.17) is 4.74 Å². The van der Waals surface area contributed by atoms with Crippen LogP contribution in [0.3, 0.4) is 0 Å². The van der Waals surface area contributed by atoms with Crippen molar-refractivity contribution in [1.82, 2.24) is 0 Å². The minimum Gasteiger partial charge on any atom is -0.480 e. The molecule has 0 aromatic heterocycles. The Kier molecular flexibility index (Phi) is 3.56. The van der Waals surface area contributed by atoms with Crippen molar-refractivity contribution < 1.29 is 9.13 Å². The van der Waals surface area contributed by atoms with E-state index in [0.717, 1.165) is 22.3 Å². The molecule has 0 saturated carbocycles. The van der Waals surface area contributed by atoms with Crippen molar-refractivity contribution in [3.63, 3.8) is 0 Å². The van der Waals surface area contributed by atoms with Gasteiger partial charge in [-0.05, 0) is 68.5 Å². The standard InChI is InChI=1S/C20H21FO/c1-13-7-5-6-8-15(13)11-16-9-10-17(21)19-18(16)14(2)12-20(3,4)22-19/h5-8,10-12H,9H2,1-4H3. The summed E-state index contributed by atoms with van der Waals surface area (Å²) < 4.78 is 20.1. The van der Waals surface area contributed by atoms with Crippen LogP contribution < -0.4 is 0 Å². The molecule has 1 heterocycles. The van der Waals surface area contributed by atoms with Crippen LogP contribution in [-0.2, 0) is 4.74 Å². The van der Waals surface area contributed by atoms with Crippen molar-refractivity contribution in [2.75, 3.05) is 0 Å². The third-order valence-corrected chi connectivity index (χ3v) is 4.11. The van der Waals surface area contributed by atoms with E-state index in [0.29, 0.717) is 12.2 Å². The molecular formula is C20H21FO. The maximum Gasteiger partial charge on any atom is 0.163 e. The molecule has 1 aliphatic carbocycles. The Balaban J connectivity index is 2.11. The zero-order valence-corrected chi connectivity index (χ0v) is 13.5. The van der Waals surface area contributed by atoms with Crippen LogP contribution in [0.5, 0.6) is 0 Å². The van der Waals surface area contributed by atoms with Crippen molar-refractivity contribution >= 4 is 6.08 Å². The maximum atomic E-state index is 14.3. The van der Waals surface area contributed by atoms with Gasteiger partial charge >= 0.3 is 0 Å². The van der Waals surface area contributed by atoms with Gasteiger partial charge in [0.15, 0.2) is 11.6 Å². The summed E-state index contributed by atoms with van der Waals surface area (Å²) >= 11 is 0. The highest BCUT2D eigenvalue weighted by molar-refractivity contribution is 5.68. The molecule has 1 aliphatic heterocycles. The maximum absolute atomic E-state index is 14.3. The molecule has 3 rings (SSSR count). The Bertz CT molecular complexity index is 745. The van der Waals surface area contributed by atoms with Crippen molar-refractivity contribution in [2.45, 2.75) is 39.7 Å². The quantitative estimate of drug-likeness (QED) is 0.651. The summed E-state index contributed by atoms with van der Waals surface area (Å²) in [6.45, 7) is 8.02. The van der Waals surface area contributed by atoms with Crippen molar-refractivity contribution in [3.05, 3.63) is 75.8 Å². The normalized spacial score (nSPS) is 22.0. The predicted molar refractivity (Wildman–Crippen MR) is 88.9 cm³/mol. The number of hydrogen-bond acceptors (Lipinski definition) is 1. The minimum atomic E-state index is -0.473. The lowest BCUT2D eigenvalue weighted by Gasteiger charge is -2.34. The largest absolute Gasteiger partial charge is 0.480 e. The zero-order chi connectivity index (χ0) is 15.9. The Hall–Kier alpha value is -2.09. The SMILES string of the molecule is CC1=CC(C)(C)OC2=C1C(=Cc1ccccc1C)CC=C2F. The molecule has 22 heavy (non-hydrogen) atoms. The summed E-state index contributed by atoms with van der Waals surface area (Å²) in [6, 6.07) is 8.23. The smallest absolute Gasteiger partial charge is 0.163 e. The van der Waals surface area contributed by atoms with Gasteiger partial charge in [-0.15, -0.1) is 0 Å². The molecule has 0 unspecified atom stereocenters. The molecule has 0 bridgehead atoms. The van der Waals surface area contributed by atoms with Gasteiger partial charge in [-0.1, -0.05) is 30.3 Å². The van der Waals surface area contributed by atoms with Crippen LogP contribution in [-0.4, -0.2) is 5.60 Å². The van der Waals surface area contributed by atoms with Crippen molar-refractivity contribution in [1.29, 1.82) is 0 Å². The fraction of sp³-hybridized carbons (Fsp3) is 0.300. The number of allylic oxidation sites excluding steroid dienone is 5. The lowest BCUT2D eigenvalue weighted by molar-refractivity contribution is 0.0706. The fourth-order valence-corrected chi connectivity index (χ4v) is 3.15. The molecule has 0 spiro atoms. The fourth-order valence-electron chi connectivity index (χ4n) is 3.15. The molecular weight excluding hydrogens is 275 g/mol. The summed E-state index contributed by atoms with van der Waals surface area (Å²) in [5.74, 6) is 0.133. The van der Waals surface area contributed by atoms with E-state index in [1.54, 1.807) is 6.08 Å². The number of aryl methyl sites for hydroxylation is 1. The Labute approximate surface area is 131 Å². The van der Waals surface area contributed by atoms with Crippen LogP contribution in [0.25, 0.3) is 6.08 Å². The van der Waals surface area contributed by atoms with E-state index >= 15 is 0 Å². The van der Waals surface area contributed by atoms with E-state index in [1.165, 1.54) is 5.56 Å². The first-order valence-corrected chi connectivity index (χ1v) is 7.63. The number of ether oxygens (including phenoxy) is 1. The Morgan fingerprint density at radius 1 is 1.18 bits per heavy atom. The van der Waals surface area contributed by atoms with Gasteiger partial charge in [-0.25, -0.2) is 4.39 Å². The summed E-state index contributed by atoms with van der Waals surface area (Å²) in [5, 5.41) is 0. The van der Waals surface area contributed by atoms with Gasteiger partial charge in [0.05, 0.1) is 0 Å². The van der Waals surface area contributed by atoms with Gasteiger partial charge in [0.1, 0.15) is 5.60 Å². The number of rotatable bonds is 1. The molecule has 0 atom stereocenters. The number of hydrogen-bond donors (Lipinski definition) is 0. The van der Waals surface area contributed by atoms with Crippen LogP contribution in [0.4, 0.5) is 4.39 Å². The predicted octanol–water partition coefficient (Wildman–Crippen LogP) is 5.64. The average Bonchev–Trinajstić information content (AvgIpc) is 2.43. The molecule has 0 N–H and O–H groups in total. The topological polar surface area (TPSA) is 9.23 Å². The van der Waals surface area contributed by atoms with Gasteiger partial charge in [0.25, 0.3) is 0 Å². The number of halogens is 1. The highest BCUT2D eigenvalue weighted by Gasteiger charge is 2.32. The molecule has 1 aromatic rings. The summed E-state index contributed by atoms with van der Waals surface area (Å²) in [4.78, 5) is 0. The van der Waals surface area contributed by atoms with E-state index in [1.807, 2.05) is 32.9 Å². The Morgan fingerprint density at radius 3 is 2.64 bits per heavy atom. The molecule has 0 fully saturated rings. The first-order valence-electron chi connectivity index (χ1n) is 7.63. The minimum absolute atomic E-state index is 0.252. The van der Waals surface area contributed by atoms with Crippen LogP contribution in [0.1, 0.15) is 38.3 Å². The van der Waals surface area contributed by atoms with Crippen LogP contribution >= 0.6 is 0 Å². The van der Waals surface area contributed by atoms with Crippen LogP contribution in [0, 0.1) is 6.92 Å². The second-order valence-corrected chi connectivity index (χ2v) is 6.52. The molecule has 1 nitrogen and oxygen atoms in total. The van der Waals surface area contributed by atoms with Gasteiger partial charge in [0.2, 0.25) is 0 Å². The third kappa shape index (κ3) is 2.66. The van der Waals surface area contributed by atoms with E-state index in [2.05, 4.69) is 31.2 Å². The molecule has 0 saturated heterocycles. The highest BCUT2D eigenvalue weighted by atomic mass is 19.1. The lowest BCUT2D eigenvalue weighted by atomic mass is 9.85. The monoisotopic (exact) mass is 296 g/mol. The molecule has 0 amide bonds. The molecule has 114 valence electrons. The second kappa shape index (κ2) is 5.28. The molecule has 0 radical (unpaired) electrons. The molecule has 1 aromatic carbocycles.